The van der Waals surface area contributed by atoms with Gasteiger partial charge in [0, 0.05) is 18.2 Å². The Labute approximate surface area is 102 Å². The van der Waals surface area contributed by atoms with Gasteiger partial charge >= 0.3 is 0 Å². The molecule has 0 aromatic heterocycles. The number of aliphatic hydroxyl groups excluding tert-OH is 1. The molecule has 0 saturated carbocycles. The normalized spacial score (nSPS) is 12.3. The van der Waals surface area contributed by atoms with Gasteiger partial charge in [0.2, 0.25) is 0 Å². The van der Waals surface area contributed by atoms with Gasteiger partial charge in [-0.3, -0.25) is 0 Å². The maximum Gasteiger partial charge on any atom is 0.122 e. The largest absolute Gasteiger partial charge is 0.496 e. The van der Waals surface area contributed by atoms with Gasteiger partial charge in [-0.15, -0.1) is 0 Å². The van der Waals surface area contributed by atoms with Gasteiger partial charge in [-0.25, -0.2) is 0 Å². The molecule has 0 amide bonds. The minimum atomic E-state index is 0.0669. The van der Waals surface area contributed by atoms with Crippen LogP contribution in [0, 0.1) is 0 Å². The lowest BCUT2D eigenvalue weighted by molar-refractivity contribution is 0.296. The van der Waals surface area contributed by atoms with E-state index in [1.54, 1.807) is 14.2 Å². The highest BCUT2D eigenvalue weighted by Gasteiger charge is 2.12. The number of ether oxygens (including phenoxy) is 2. The molecule has 1 aromatic carbocycles. The second-order valence-corrected chi connectivity index (χ2v) is 4.13. The smallest absolute Gasteiger partial charge is 0.122 e. The Kier molecular flexibility index (Phi) is 5.25. The summed E-state index contributed by atoms with van der Waals surface area (Å²) in [5, 5.41) is 9.00. The first-order valence-electron chi connectivity index (χ1n) is 5.72. The molecule has 0 heterocycles. The number of methoxy groups -OCH3 is 2. The van der Waals surface area contributed by atoms with Crippen molar-refractivity contribution < 1.29 is 14.6 Å². The first-order chi connectivity index (χ1) is 8.12. The average molecular weight is 239 g/mol. The predicted molar refractivity (Wildman–Crippen MR) is 67.7 cm³/mol. The highest BCUT2D eigenvalue weighted by molar-refractivity contribution is 5.47. The fourth-order valence-electron chi connectivity index (χ4n) is 1.85. The van der Waals surface area contributed by atoms with Crippen molar-refractivity contribution in [3.05, 3.63) is 23.3 Å². The number of hydrogen-bond acceptors (Lipinski definition) is 4. The Morgan fingerprint density at radius 2 is 1.71 bits per heavy atom. The molecular formula is C13H21NO3. The maximum absolute atomic E-state index is 9.00. The van der Waals surface area contributed by atoms with Crippen LogP contribution < -0.4 is 15.2 Å². The molecule has 96 valence electrons. The summed E-state index contributed by atoms with van der Waals surface area (Å²) in [7, 11) is 3.26. The van der Waals surface area contributed by atoms with Crippen LogP contribution in [0.15, 0.2) is 12.1 Å². The minimum Gasteiger partial charge on any atom is -0.496 e. The molecule has 3 N–H and O–H groups in total. The summed E-state index contributed by atoms with van der Waals surface area (Å²) < 4.78 is 10.7. The van der Waals surface area contributed by atoms with E-state index in [0.717, 1.165) is 29.0 Å². The Balaban J connectivity index is 3.12. The molecule has 0 saturated heterocycles. The van der Waals surface area contributed by atoms with Gasteiger partial charge in [0.05, 0.1) is 14.2 Å². The van der Waals surface area contributed by atoms with Gasteiger partial charge < -0.3 is 20.3 Å². The lowest BCUT2D eigenvalue weighted by atomic mass is 10.0. The third kappa shape index (κ3) is 3.61. The van der Waals surface area contributed by atoms with Crippen LogP contribution in [-0.2, 0) is 12.8 Å². The molecule has 4 nitrogen and oxygen atoms in total. The summed E-state index contributed by atoms with van der Waals surface area (Å²) in [5.74, 6) is 1.57. The molecule has 0 radical (unpaired) electrons. The van der Waals surface area contributed by atoms with E-state index >= 15 is 0 Å². The van der Waals surface area contributed by atoms with E-state index < -0.39 is 0 Å². The van der Waals surface area contributed by atoms with Crippen LogP contribution in [0.2, 0.25) is 0 Å². The molecule has 1 rings (SSSR count). The van der Waals surface area contributed by atoms with Gasteiger partial charge in [-0.2, -0.15) is 0 Å². The number of hydrogen-bond donors (Lipinski definition) is 2. The summed E-state index contributed by atoms with van der Waals surface area (Å²) in [6, 6.07) is 3.91. The van der Waals surface area contributed by atoms with Crippen molar-refractivity contribution in [1.29, 1.82) is 0 Å². The number of aliphatic hydroxyl groups is 1. The Morgan fingerprint density at radius 3 is 2.18 bits per heavy atom. The van der Waals surface area contributed by atoms with Crippen molar-refractivity contribution in [2.75, 3.05) is 20.8 Å². The first-order valence-corrected chi connectivity index (χ1v) is 5.72. The fraction of sp³-hybridized carbons (Fsp3) is 0.538. The summed E-state index contributed by atoms with van der Waals surface area (Å²) in [6.45, 7) is 2.04. The molecule has 0 bridgehead atoms. The van der Waals surface area contributed by atoms with Crippen molar-refractivity contribution in [3.63, 3.8) is 0 Å². The van der Waals surface area contributed by atoms with Crippen LogP contribution in [-0.4, -0.2) is 32.0 Å². The van der Waals surface area contributed by atoms with Gasteiger partial charge in [-0.1, -0.05) is 0 Å². The highest BCUT2D eigenvalue weighted by Crippen LogP contribution is 2.29. The van der Waals surface area contributed by atoms with Crippen LogP contribution in [0.1, 0.15) is 18.1 Å². The molecule has 0 spiro atoms. The van der Waals surface area contributed by atoms with Crippen LogP contribution in [0.4, 0.5) is 0 Å². The van der Waals surface area contributed by atoms with E-state index in [2.05, 4.69) is 0 Å². The summed E-state index contributed by atoms with van der Waals surface area (Å²) in [4.78, 5) is 0. The Bertz CT molecular complexity index is 364. The Hall–Kier alpha value is -1.26. The van der Waals surface area contributed by atoms with Crippen LogP contribution in [0.5, 0.6) is 11.5 Å². The summed E-state index contributed by atoms with van der Waals surface area (Å²) in [6.07, 6.45) is 1.29. The Morgan fingerprint density at radius 1 is 1.18 bits per heavy atom. The second-order valence-electron chi connectivity index (χ2n) is 4.13. The van der Waals surface area contributed by atoms with E-state index in [1.165, 1.54) is 0 Å². The zero-order valence-electron chi connectivity index (χ0n) is 10.7. The van der Waals surface area contributed by atoms with Crippen molar-refractivity contribution in [2.45, 2.75) is 25.8 Å². The van der Waals surface area contributed by atoms with Crippen LogP contribution in [0.3, 0.4) is 0 Å². The number of nitrogens with two attached hydrogens (primary N) is 1. The summed E-state index contributed by atoms with van der Waals surface area (Å²) in [5.41, 5.74) is 7.77. The molecule has 0 aliphatic rings. The predicted octanol–water partition coefficient (Wildman–Crippen LogP) is 1.13. The standard InChI is InChI=1S/C13H21NO3/c1-9(14)6-11-8-12(16-2)10(4-5-15)7-13(11)17-3/h7-9,15H,4-6,14H2,1-3H3. The van der Waals surface area contributed by atoms with Crippen molar-refractivity contribution in [2.24, 2.45) is 5.73 Å². The molecule has 1 aromatic rings. The zero-order chi connectivity index (χ0) is 12.8. The van der Waals surface area contributed by atoms with Crippen LogP contribution in [0.25, 0.3) is 0 Å². The molecule has 0 aliphatic carbocycles. The lowest BCUT2D eigenvalue weighted by Crippen LogP contribution is -2.18. The zero-order valence-corrected chi connectivity index (χ0v) is 10.7. The van der Waals surface area contributed by atoms with Gasteiger partial charge in [-0.05, 0) is 37.5 Å². The second kappa shape index (κ2) is 6.47. The van der Waals surface area contributed by atoms with Crippen LogP contribution >= 0.6 is 0 Å². The van der Waals surface area contributed by atoms with Gasteiger partial charge in [0.15, 0.2) is 0 Å². The number of benzene rings is 1. The van der Waals surface area contributed by atoms with E-state index in [-0.39, 0.29) is 12.6 Å². The average Bonchev–Trinajstić information content (AvgIpc) is 2.30. The number of rotatable bonds is 6. The van der Waals surface area contributed by atoms with Gasteiger partial charge in [0.1, 0.15) is 11.5 Å². The van der Waals surface area contributed by atoms with Crippen molar-refractivity contribution >= 4 is 0 Å². The lowest BCUT2D eigenvalue weighted by Gasteiger charge is -2.15. The van der Waals surface area contributed by atoms with Crippen molar-refractivity contribution in [1.82, 2.24) is 0 Å². The monoisotopic (exact) mass is 239 g/mol. The fourth-order valence-corrected chi connectivity index (χ4v) is 1.85. The molecule has 17 heavy (non-hydrogen) atoms. The highest BCUT2D eigenvalue weighted by atomic mass is 16.5. The SMILES string of the molecule is COc1cc(CC(C)N)c(OC)cc1CCO. The molecule has 1 atom stereocenters. The van der Waals surface area contributed by atoms with E-state index in [1.807, 2.05) is 19.1 Å². The van der Waals surface area contributed by atoms with E-state index in [9.17, 15) is 0 Å². The van der Waals surface area contributed by atoms with Crippen molar-refractivity contribution in [3.8, 4) is 11.5 Å². The third-order valence-electron chi connectivity index (χ3n) is 2.61. The third-order valence-corrected chi connectivity index (χ3v) is 2.61. The summed E-state index contributed by atoms with van der Waals surface area (Å²) >= 11 is 0. The molecule has 4 heteroatoms. The quantitative estimate of drug-likeness (QED) is 0.781. The molecule has 1 unspecified atom stereocenters. The van der Waals surface area contributed by atoms with Gasteiger partial charge in [0.25, 0.3) is 0 Å². The topological polar surface area (TPSA) is 64.7 Å². The molecule has 0 aliphatic heterocycles. The van der Waals surface area contributed by atoms with E-state index in [0.29, 0.717) is 6.42 Å². The maximum atomic E-state index is 9.00. The minimum absolute atomic E-state index is 0.0669. The van der Waals surface area contributed by atoms with E-state index in [4.69, 9.17) is 20.3 Å². The first kappa shape index (κ1) is 13.8. The molecular weight excluding hydrogens is 218 g/mol. The molecule has 0 fully saturated rings.